The molecule has 0 aliphatic heterocycles. The van der Waals surface area contributed by atoms with Crippen LogP contribution in [0.15, 0.2) is 12.1 Å². The minimum absolute atomic E-state index is 0.110. The second kappa shape index (κ2) is 6.06. The first kappa shape index (κ1) is 15.8. The van der Waals surface area contributed by atoms with Crippen molar-refractivity contribution in [2.75, 3.05) is 20.8 Å². The van der Waals surface area contributed by atoms with Gasteiger partial charge in [-0.15, -0.1) is 0 Å². The van der Waals surface area contributed by atoms with Crippen LogP contribution in [0, 0.1) is 18.3 Å². The van der Waals surface area contributed by atoms with Gasteiger partial charge in [0.05, 0.1) is 26.2 Å². The highest BCUT2D eigenvalue weighted by Gasteiger charge is 2.47. The zero-order valence-corrected chi connectivity index (χ0v) is 13.2. The molecule has 116 valence electrons. The minimum atomic E-state index is -0.674. The third-order valence-electron chi connectivity index (χ3n) is 4.94. The van der Waals surface area contributed by atoms with E-state index in [0.717, 1.165) is 23.3 Å². The monoisotopic (exact) mass is 292 g/mol. The number of aliphatic hydroxyl groups excluding tert-OH is 1. The Labute approximate surface area is 126 Å². The summed E-state index contributed by atoms with van der Waals surface area (Å²) in [6, 6.07) is 3.77. The molecule has 4 nitrogen and oxygen atoms in total. The van der Waals surface area contributed by atoms with Crippen LogP contribution in [-0.2, 0) is 11.2 Å². The fraction of sp³-hybridized carbons (Fsp3) is 0.588. The normalized spacial score (nSPS) is 25.2. The topological polar surface area (TPSA) is 55.8 Å². The molecule has 0 heterocycles. The summed E-state index contributed by atoms with van der Waals surface area (Å²) in [6.45, 7) is 3.92. The fourth-order valence-electron chi connectivity index (χ4n) is 3.32. The van der Waals surface area contributed by atoms with Gasteiger partial charge in [0.15, 0.2) is 0 Å². The molecule has 0 radical (unpaired) electrons. The Kier molecular flexibility index (Phi) is 4.57. The number of hydrogen-bond donors (Lipinski definition) is 1. The van der Waals surface area contributed by atoms with Gasteiger partial charge in [0.2, 0.25) is 0 Å². The van der Waals surface area contributed by atoms with Crippen molar-refractivity contribution < 1.29 is 19.4 Å². The highest BCUT2D eigenvalue weighted by Crippen LogP contribution is 2.45. The van der Waals surface area contributed by atoms with E-state index in [4.69, 9.17) is 9.47 Å². The summed E-state index contributed by atoms with van der Waals surface area (Å²) in [4.78, 5) is 12.4. The quantitative estimate of drug-likeness (QED) is 0.906. The lowest BCUT2D eigenvalue weighted by Crippen LogP contribution is -2.38. The molecule has 1 aliphatic rings. The number of hydrogen-bond acceptors (Lipinski definition) is 4. The van der Waals surface area contributed by atoms with Crippen LogP contribution in [-0.4, -0.2) is 31.7 Å². The van der Waals surface area contributed by atoms with Crippen LogP contribution in [0.25, 0.3) is 0 Å². The first-order valence-corrected chi connectivity index (χ1v) is 7.34. The lowest BCUT2D eigenvalue weighted by atomic mass is 9.73. The molecule has 1 aromatic carbocycles. The number of aryl methyl sites for hydroxylation is 1. The smallest absolute Gasteiger partial charge is 0.141 e. The van der Waals surface area contributed by atoms with Crippen molar-refractivity contribution in [3.63, 3.8) is 0 Å². The first-order chi connectivity index (χ1) is 9.98. The van der Waals surface area contributed by atoms with Gasteiger partial charge in [-0.25, -0.2) is 0 Å². The predicted octanol–water partition coefficient (Wildman–Crippen LogP) is 2.53. The maximum absolute atomic E-state index is 12.4. The van der Waals surface area contributed by atoms with Gasteiger partial charge >= 0.3 is 0 Å². The molecule has 1 fully saturated rings. The minimum Gasteiger partial charge on any atom is -0.497 e. The molecule has 1 N–H and O–H groups in total. The van der Waals surface area contributed by atoms with E-state index in [1.54, 1.807) is 14.2 Å². The van der Waals surface area contributed by atoms with Gasteiger partial charge in [0.1, 0.15) is 17.3 Å². The zero-order chi connectivity index (χ0) is 15.6. The van der Waals surface area contributed by atoms with Crippen molar-refractivity contribution in [1.82, 2.24) is 0 Å². The second-order valence-corrected chi connectivity index (χ2v) is 5.98. The summed E-state index contributed by atoms with van der Waals surface area (Å²) in [6.07, 6.45) is 1.92. The maximum atomic E-state index is 12.4. The highest BCUT2D eigenvalue weighted by molar-refractivity contribution is 5.88. The summed E-state index contributed by atoms with van der Waals surface area (Å²) in [5, 5.41) is 9.89. The Morgan fingerprint density at radius 3 is 2.52 bits per heavy atom. The summed E-state index contributed by atoms with van der Waals surface area (Å²) >= 11 is 0. The van der Waals surface area contributed by atoms with Gasteiger partial charge in [-0.05, 0) is 42.9 Å². The molecule has 1 aromatic rings. The Balaban J connectivity index is 2.45. The number of aliphatic hydroxyl groups is 1. The third kappa shape index (κ3) is 2.64. The number of Topliss-reactive ketones (excluding diaryl/α,β-unsaturated/α-hetero) is 1. The zero-order valence-electron chi connectivity index (χ0n) is 13.2. The molecule has 0 amide bonds. The van der Waals surface area contributed by atoms with Crippen molar-refractivity contribution in [3.05, 3.63) is 23.3 Å². The molecule has 0 unspecified atom stereocenters. The van der Waals surface area contributed by atoms with E-state index in [-0.39, 0.29) is 18.3 Å². The summed E-state index contributed by atoms with van der Waals surface area (Å²) in [5.74, 6) is 1.79. The van der Waals surface area contributed by atoms with Gasteiger partial charge in [-0.3, -0.25) is 4.79 Å². The van der Waals surface area contributed by atoms with E-state index in [2.05, 4.69) is 0 Å². The van der Waals surface area contributed by atoms with Crippen molar-refractivity contribution in [3.8, 4) is 11.5 Å². The van der Waals surface area contributed by atoms with Gasteiger partial charge < -0.3 is 14.6 Å². The number of ketones is 1. The number of methoxy groups -OCH3 is 2. The van der Waals surface area contributed by atoms with E-state index < -0.39 is 5.41 Å². The lowest BCUT2D eigenvalue weighted by molar-refractivity contribution is -0.129. The molecular formula is C17H24O4. The summed E-state index contributed by atoms with van der Waals surface area (Å²) in [5.41, 5.74) is 1.33. The molecule has 0 saturated heterocycles. The number of carbonyl (C=O) groups excluding carboxylic acids is 1. The van der Waals surface area contributed by atoms with Crippen LogP contribution in [0.4, 0.5) is 0 Å². The van der Waals surface area contributed by atoms with Crippen LogP contribution in [0.2, 0.25) is 0 Å². The number of ether oxygens (including phenoxy) is 2. The lowest BCUT2D eigenvalue weighted by Gasteiger charge is -2.31. The number of rotatable bonds is 5. The maximum Gasteiger partial charge on any atom is 0.141 e. The van der Waals surface area contributed by atoms with Gasteiger partial charge in [-0.2, -0.15) is 0 Å². The van der Waals surface area contributed by atoms with Crippen LogP contribution in [0.5, 0.6) is 11.5 Å². The van der Waals surface area contributed by atoms with Crippen molar-refractivity contribution >= 4 is 5.78 Å². The molecule has 2 rings (SSSR count). The van der Waals surface area contributed by atoms with E-state index in [1.165, 1.54) is 0 Å². The van der Waals surface area contributed by atoms with Gasteiger partial charge in [0.25, 0.3) is 0 Å². The van der Waals surface area contributed by atoms with Crippen molar-refractivity contribution in [2.45, 2.75) is 33.1 Å². The molecule has 1 saturated carbocycles. The largest absolute Gasteiger partial charge is 0.497 e. The average Bonchev–Trinajstić information content (AvgIpc) is 2.77. The fourth-order valence-corrected chi connectivity index (χ4v) is 3.32. The Morgan fingerprint density at radius 1 is 1.33 bits per heavy atom. The van der Waals surface area contributed by atoms with E-state index in [1.807, 2.05) is 26.0 Å². The Hall–Kier alpha value is -1.55. The molecular weight excluding hydrogens is 268 g/mol. The van der Waals surface area contributed by atoms with Crippen molar-refractivity contribution in [2.24, 2.45) is 11.3 Å². The molecule has 1 aliphatic carbocycles. The summed E-state index contributed by atoms with van der Waals surface area (Å²) in [7, 11) is 3.23. The van der Waals surface area contributed by atoms with E-state index >= 15 is 0 Å². The van der Waals surface area contributed by atoms with Gasteiger partial charge in [-0.1, -0.05) is 6.92 Å². The Morgan fingerprint density at radius 2 is 2.05 bits per heavy atom. The Bertz CT molecular complexity index is 538. The van der Waals surface area contributed by atoms with Crippen LogP contribution < -0.4 is 9.47 Å². The number of benzene rings is 1. The van der Waals surface area contributed by atoms with E-state index in [9.17, 15) is 9.90 Å². The molecule has 0 bridgehead atoms. The predicted molar refractivity (Wildman–Crippen MR) is 80.9 cm³/mol. The highest BCUT2D eigenvalue weighted by atomic mass is 16.5. The van der Waals surface area contributed by atoms with E-state index in [0.29, 0.717) is 18.6 Å². The average molecular weight is 292 g/mol. The summed E-state index contributed by atoms with van der Waals surface area (Å²) < 4.78 is 10.7. The van der Waals surface area contributed by atoms with Crippen molar-refractivity contribution in [1.29, 1.82) is 0 Å². The van der Waals surface area contributed by atoms with Gasteiger partial charge in [0, 0.05) is 12.5 Å². The third-order valence-corrected chi connectivity index (χ3v) is 4.94. The van der Waals surface area contributed by atoms with Crippen LogP contribution >= 0.6 is 0 Å². The molecule has 4 heteroatoms. The molecule has 21 heavy (non-hydrogen) atoms. The van der Waals surface area contributed by atoms with Crippen LogP contribution in [0.1, 0.15) is 30.9 Å². The number of carbonyl (C=O) groups is 1. The van der Waals surface area contributed by atoms with Crippen LogP contribution in [0.3, 0.4) is 0 Å². The molecule has 0 aromatic heterocycles. The molecule has 2 atom stereocenters. The molecule has 0 spiro atoms. The second-order valence-electron chi connectivity index (χ2n) is 5.98. The standard InChI is InChI=1S/C17H24O4/c1-11-7-13(20-3)8-15(21-4)14(11)9-17(10-18)12(2)5-6-16(17)19/h7-8,12,18H,5-6,9-10H2,1-4H3/t12-,17-/m1/s1. The first-order valence-electron chi connectivity index (χ1n) is 7.34. The SMILES string of the molecule is COc1cc(C)c(C[C@]2(CO)C(=O)CC[C@H]2C)c(OC)c1.